The third-order valence-corrected chi connectivity index (χ3v) is 2.67. The molecule has 1 aromatic rings. The molecule has 1 rings (SSSR count). The highest BCUT2D eigenvalue weighted by molar-refractivity contribution is 6.33. The number of carbonyl (C=O) groups excluding carboxylic acids is 1. The normalized spacial score (nSPS) is 11.2. The largest absolute Gasteiger partial charge is 0.376 e. The number of nitrogens with zero attached hydrogens (tertiary/aromatic N) is 1. The second kappa shape index (κ2) is 4.96. The summed E-state index contributed by atoms with van der Waals surface area (Å²) in [6.07, 6.45) is 0. The molecule has 0 spiro atoms. The van der Waals surface area contributed by atoms with Crippen LogP contribution in [-0.2, 0) is 4.79 Å². The van der Waals surface area contributed by atoms with Gasteiger partial charge in [-0.2, -0.15) is 0 Å². The molecule has 4 heteroatoms. The van der Waals surface area contributed by atoms with Gasteiger partial charge in [0.15, 0.2) is 0 Å². The second-order valence-electron chi connectivity index (χ2n) is 5.26. The number of rotatable bonds is 2. The number of amides is 1. The topological polar surface area (TPSA) is 32.3 Å². The minimum atomic E-state index is -0.410. The van der Waals surface area contributed by atoms with E-state index in [1.165, 1.54) is 0 Å². The molecule has 0 bridgehead atoms. The molecule has 1 N–H and O–H groups in total. The van der Waals surface area contributed by atoms with Gasteiger partial charge in [0.25, 0.3) is 0 Å². The first-order valence-corrected chi connectivity index (χ1v) is 5.88. The number of anilines is 2. The molecule has 1 aromatic carbocycles. The minimum Gasteiger partial charge on any atom is -0.376 e. The molecule has 0 aliphatic heterocycles. The van der Waals surface area contributed by atoms with Crippen molar-refractivity contribution in [2.75, 3.05) is 24.3 Å². The van der Waals surface area contributed by atoms with Crippen LogP contribution >= 0.6 is 11.6 Å². The lowest BCUT2D eigenvalue weighted by atomic mass is 9.95. The van der Waals surface area contributed by atoms with E-state index >= 15 is 0 Å². The van der Waals surface area contributed by atoms with Crippen molar-refractivity contribution >= 4 is 28.9 Å². The highest BCUT2D eigenvalue weighted by atomic mass is 35.5. The first-order chi connectivity index (χ1) is 7.71. The fourth-order valence-corrected chi connectivity index (χ4v) is 1.62. The summed E-state index contributed by atoms with van der Waals surface area (Å²) in [4.78, 5) is 13.7. The van der Waals surface area contributed by atoms with Crippen molar-refractivity contribution in [2.24, 2.45) is 5.41 Å². The lowest BCUT2D eigenvalue weighted by Gasteiger charge is -2.19. The molecule has 0 heterocycles. The molecule has 1 amide bonds. The second-order valence-corrected chi connectivity index (χ2v) is 5.67. The van der Waals surface area contributed by atoms with E-state index in [9.17, 15) is 4.79 Å². The Morgan fingerprint density at radius 2 is 1.88 bits per heavy atom. The third-order valence-electron chi connectivity index (χ3n) is 2.37. The van der Waals surface area contributed by atoms with Crippen LogP contribution in [0.15, 0.2) is 18.2 Å². The molecule has 0 aliphatic carbocycles. The van der Waals surface area contributed by atoms with Crippen molar-refractivity contribution in [3.8, 4) is 0 Å². The van der Waals surface area contributed by atoms with Crippen molar-refractivity contribution < 1.29 is 4.79 Å². The molecular weight excluding hydrogens is 236 g/mol. The summed E-state index contributed by atoms with van der Waals surface area (Å²) in [5.74, 6) is -0.0221. The molecule has 0 aromatic heterocycles. The Labute approximate surface area is 108 Å². The number of halogens is 1. The Balaban J connectivity index is 2.89. The summed E-state index contributed by atoms with van der Waals surface area (Å²) in [6.45, 7) is 5.62. The van der Waals surface area contributed by atoms with Crippen molar-refractivity contribution in [2.45, 2.75) is 20.8 Å². The Morgan fingerprint density at radius 3 is 2.29 bits per heavy atom. The smallest absolute Gasteiger partial charge is 0.229 e. The molecule has 3 nitrogen and oxygen atoms in total. The Morgan fingerprint density at radius 1 is 1.29 bits per heavy atom. The van der Waals surface area contributed by atoms with Crippen LogP contribution in [0, 0.1) is 5.41 Å². The van der Waals surface area contributed by atoms with E-state index in [0.717, 1.165) is 11.4 Å². The molecule has 94 valence electrons. The SMILES string of the molecule is CN(C)c1ccc(NC(=O)C(C)(C)C)cc1Cl. The number of benzene rings is 1. The minimum absolute atomic E-state index is 0.0221. The average Bonchev–Trinajstić information content (AvgIpc) is 2.15. The fraction of sp³-hybridized carbons (Fsp3) is 0.462. The summed E-state index contributed by atoms with van der Waals surface area (Å²) >= 11 is 6.13. The summed E-state index contributed by atoms with van der Waals surface area (Å²) < 4.78 is 0. The maximum Gasteiger partial charge on any atom is 0.229 e. The number of hydrogen-bond donors (Lipinski definition) is 1. The zero-order chi connectivity index (χ0) is 13.2. The third kappa shape index (κ3) is 3.63. The van der Waals surface area contributed by atoms with E-state index in [-0.39, 0.29) is 5.91 Å². The zero-order valence-corrected chi connectivity index (χ0v) is 11.7. The lowest BCUT2D eigenvalue weighted by Crippen LogP contribution is -2.27. The van der Waals surface area contributed by atoms with Crippen molar-refractivity contribution in [1.29, 1.82) is 0 Å². The molecule has 0 radical (unpaired) electrons. The van der Waals surface area contributed by atoms with Crippen LogP contribution < -0.4 is 10.2 Å². The van der Waals surface area contributed by atoms with E-state index in [1.807, 2.05) is 51.9 Å². The van der Waals surface area contributed by atoms with Gasteiger partial charge < -0.3 is 10.2 Å². The van der Waals surface area contributed by atoms with Gasteiger partial charge in [0, 0.05) is 25.2 Å². The van der Waals surface area contributed by atoms with Gasteiger partial charge in [-0.15, -0.1) is 0 Å². The van der Waals surface area contributed by atoms with Gasteiger partial charge in [-0.3, -0.25) is 4.79 Å². The number of carbonyl (C=O) groups is 1. The van der Waals surface area contributed by atoms with Gasteiger partial charge in [0.2, 0.25) is 5.91 Å². The van der Waals surface area contributed by atoms with Gasteiger partial charge in [0.1, 0.15) is 0 Å². The molecular formula is C13H19ClN2O. The van der Waals surface area contributed by atoms with Gasteiger partial charge in [-0.05, 0) is 18.2 Å². The average molecular weight is 255 g/mol. The Hall–Kier alpha value is -1.22. The lowest BCUT2D eigenvalue weighted by molar-refractivity contribution is -0.123. The predicted molar refractivity (Wildman–Crippen MR) is 73.9 cm³/mol. The van der Waals surface area contributed by atoms with E-state index in [0.29, 0.717) is 5.02 Å². The van der Waals surface area contributed by atoms with E-state index in [4.69, 9.17) is 11.6 Å². The quantitative estimate of drug-likeness (QED) is 0.878. The molecule has 17 heavy (non-hydrogen) atoms. The van der Waals surface area contributed by atoms with Crippen molar-refractivity contribution in [1.82, 2.24) is 0 Å². The van der Waals surface area contributed by atoms with Crippen LogP contribution in [0.1, 0.15) is 20.8 Å². The molecule has 0 atom stereocenters. The van der Waals surface area contributed by atoms with E-state index < -0.39 is 5.41 Å². The first-order valence-electron chi connectivity index (χ1n) is 5.50. The zero-order valence-electron chi connectivity index (χ0n) is 11.0. The summed E-state index contributed by atoms with van der Waals surface area (Å²) in [6, 6.07) is 5.51. The molecule has 0 unspecified atom stereocenters. The maximum atomic E-state index is 11.8. The number of nitrogens with one attached hydrogen (secondary N) is 1. The standard InChI is InChI=1S/C13H19ClN2O/c1-13(2,3)12(17)15-9-6-7-11(16(4)5)10(14)8-9/h6-8H,1-5H3,(H,15,17). The number of hydrogen-bond acceptors (Lipinski definition) is 2. The molecule has 0 aliphatic rings. The maximum absolute atomic E-state index is 11.8. The Kier molecular flexibility index (Phi) is 4.04. The molecule has 0 saturated heterocycles. The first kappa shape index (κ1) is 13.8. The molecule has 0 saturated carbocycles. The Bertz CT molecular complexity index is 422. The monoisotopic (exact) mass is 254 g/mol. The van der Waals surface area contributed by atoms with Gasteiger partial charge >= 0.3 is 0 Å². The fourth-order valence-electron chi connectivity index (χ4n) is 1.27. The van der Waals surface area contributed by atoms with E-state index in [1.54, 1.807) is 6.07 Å². The van der Waals surface area contributed by atoms with Gasteiger partial charge in [0.05, 0.1) is 10.7 Å². The van der Waals surface area contributed by atoms with Crippen LogP contribution in [0.3, 0.4) is 0 Å². The van der Waals surface area contributed by atoms with Crippen molar-refractivity contribution in [3.05, 3.63) is 23.2 Å². The van der Waals surface area contributed by atoms with Gasteiger partial charge in [-0.1, -0.05) is 32.4 Å². The van der Waals surface area contributed by atoms with Crippen LogP contribution in [0.2, 0.25) is 5.02 Å². The predicted octanol–water partition coefficient (Wildman–Crippen LogP) is 3.39. The highest BCUT2D eigenvalue weighted by Gasteiger charge is 2.21. The van der Waals surface area contributed by atoms with Gasteiger partial charge in [-0.25, -0.2) is 0 Å². The molecule has 0 fully saturated rings. The summed E-state index contributed by atoms with van der Waals surface area (Å²) in [5, 5.41) is 3.47. The summed E-state index contributed by atoms with van der Waals surface area (Å²) in [5.41, 5.74) is 1.24. The summed E-state index contributed by atoms with van der Waals surface area (Å²) in [7, 11) is 3.85. The van der Waals surface area contributed by atoms with Crippen LogP contribution in [0.5, 0.6) is 0 Å². The van der Waals surface area contributed by atoms with E-state index in [2.05, 4.69) is 5.32 Å². The van der Waals surface area contributed by atoms with Crippen molar-refractivity contribution in [3.63, 3.8) is 0 Å². The van der Waals surface area contributed by atoms with Crippen LogP contribution in [-0.4, -0.2) is 20.0 Å². The highest BCUT2D eigenvalue weighted by Crippen LogP contribution is 2.28. The van der Waals surface area contributed by atoms with Crippen LogP contribution in [0.4, 0.5) is 11.4 Å². The van der Waals surface area contributed by atoms with Crippen LogP contribution in [0.25, 0.3) is 0 Å².